The molecule has 1 aromatic heterocycles. The van der Waals surface area contributed by atoms with Gasteiger partial charge in [-0.2, -0.15) is 0 Å². The highest BCUT2D eigenvalue weighted by atomic mass is 32.1. The number of aryl methyl sites for hydroxylation is 2. The number of anilines is 2. The largest absolute Gasteiger partial charge is 0.476 e. The smallest absolute Gasteiger partial charge is 0.355 e. The number of nitrogens with one attached hydrogen (secondary N) is 1. The number of carboxylic acids is 1. The summed E-state index contributed by atoms with van der Waals surface area (Å²) < 4.78 is 13.1. The van der Waals surface area contributed by atoms with Crippen LogP contribution in [0.2, 0.25) is 0 Å². The lowest BCUT2D eigenvalue weighted by Crippen LogP contribution is -1.99. The summed E-state index contributed by atoms with van der Waals surface area (Å²) in [6.45, 7) is 3.36. The Hall–Kier alpha value is -1.95. The van der Waals surface area contributed by atoms with Crippen LogP contribution in [-0.2, 0) is 0 Å². The Balaban J connectivity index is 2.26. The molecule has 2 aromatic rings. The summed E-state index contributed by atoms with van der Waals surface area (Å²) in [6.07, 6.45) is 0. The van der Waals surface area contributed by atoms with Crippen molar-refractivity contribution in [1.29, 1.82) is 0 Å². The molecule has 0 aliphatic carbocycles. The SMILES string of the molecule is Cc1cc(Nc2nc(C(=O)O)c(C)s2)ccc1F. The summed E-state index contributed by atoms with van der Waals surface area (Å²) in [5, 5.41) is 12.3. The van der Waals surface area contributed by atoms with Crippen molar-refractivity contribution in [2.24, 2.45) is 0 Å². The molecule has 0 fully saturated rings. The number of hydrogen-bond donors (Lipinski definition) is 2. The van der Waals surface area contributed by atoms with Gasteiger partial charge in [-0.1, -0.05) is 0 Å². The second-order valence-electron chi connectivity index (χ2n) is 3.82. The number of aromatic carboxylic acids is 1. The Morgan fingerprint density at radius 3 is 2.72 bits per heavy atom. The standard InChI is InChI=1S/C12H11FN2O2S/c1-6-5-8(3-4-9(6)13)14-12-15-10(11(16)17)7(2)18-12/h3-5H,1-2H3,(H,14,15)(H,16,17). The van der Waals surface area contributed by atoms with Gasteiger partial charge in [0.05, 0.1) is 0 Å². The van der Waals surface area contributed by atoms with Crippen LogP contribution in [0.3, 0.4) is 0 Å². The maximum Gasteiger partial charge on any atom is 0.355 e. The highest BCUT2D eigenvalue weighted by Crippen LogP contribution is 2.26. The Bertz CT molecular complexity index is 610. The molecule has 0 aliphatic heterocycles. The predicted molar refractivity (Wildman–Crippen MR) is 68.2 cm³/mol. The van der Waals surface area contributed by atoms with Gasteiger partial charge in [-0.25, -0.2) is 14.2 Å². The molecule has 0 bridgehead atoms. The van der Waals surface area contributed by atoms with Crippen molar-refractivity contribution in [3.8, 4) is 0 Å². The first-order valence-corrected chi connectivity index (χ1v) is 6.03. The van der Waals surface area contributed by atoms with Gasteiger partial charge in [0.25, 0.3) is 0 Å². The van der Waals surface area contributed by atoms with Crippen LogP contribution < -0.4 is 5.32 Å². The fraction of sp³-hybridized carbons (Fsp3) is 0.167. The van der Waals surface area contributed by atoms with Crippen LogP contribution in [0.4, 0.5) is 15.2 Å². The fourth-order valence-electron chi connectivity index (χ4n) is 1.49. The topological polar surface area (TPSA) is 62.2 Å². The molecule has 2 rings (SSSR count). The first kappa shape index (κ1) is 12.5. The number of carbonyl (C=O) groups is 1. The van der Waals surface area contributed by atoms with Gasteiger partial charge >= 0.3 is 5.97 Å². The van der Waals surface area contributed by atoms with E-state index >= 15 is 0 Å². The lowest BCUT2D eigenvalue weighted by molar-refractivity contribution is 0.0690. The summed E-state index contributed by atoms with van der Waals surface area (Å²) in [4.78, 5) is 15.5. The maximum absolute atomic E-state index is 13.1. The van der Waals surface area contributed by atoms with Crippen LogP contribution in [0.1, 0.15) is 20.9 Å². The molecule has 2 N–H and O–H groups in total. The van der Waals surface area contributed by atoms with Crippen molar-refractivity contribution in [3.63, 3.8) is 0 Å². The van der Waals surface area contributed by atoms with Crippen molar-refractivity contribution in [2.45, 2.75) is 13.8 Å². The van der Waals surface area contributed by atoms with Crippen molar-refractivity contribution in [1.82, 2.24) is 4.98 Å². The summed E-state index contributed by atoms with van der Waals surface area (Å²) in [7, 11) is 0. The highest BCUT2D eigenvalue weighted by Gasteiger charge is 2.14. The quantitative estimate of drug-likeness (QED) is 0.894. The zero-order valence-corrected chi connectivity index (χ0v) is 10.6. The Kier molecular flexibility index (Phi) is 3.29. The third kappa shape index (κ3) is 2.48. The highest BCUT2D eigenvalue weighted by molar-refractivity contribution is 7.15. The first-order chi connectivity index (χ1) is 8.47. The lowest BCUT2D eigenvalue weighted by atomic mass is 10.2. The van der Waals surface area contributed by atoms with Crippen LogP contribution in [0.15, 0.2) is 18.2 Å². The molecule has 4 nitrogen and oxygen atoms in total. The third-order valence-corrected chi connectivity index (χ3v) is 3.29. The molecule has 0 saturated heterocycles. The average molecular weight is 266 g/mol. The van der Waals surface area contributed by atoms with E-state index in [0.717, 1.165) is 0 Å². The average Bonchev–Trinajstić information content (AvgIpc) is 2.65. The van der Waals surface area contributed by atoms with Crippen LogP contribution >= 0.6 is 11.3 Å². The second kappa shape index (κ2) is 4.73. The molecule has 18 heavy (non-hydrogen) atoms. The molecule has 0 unspecified atom stereocenters. The van der Waals surface area contributed by atoms with E-state index in [1.165, 1.54) is 17.4 Å². The van der Waals surface area contributed by atoms with Gasteiger partial charge in [0, 0.05) is 10.6 Å². The molecule has 0 amide bonds. The summed E-state index contributed by atoms with van der Waals surface area (Å²) in [5.41, 5.74) is 1.24. The van der Waals surface area contributed by atoms with Crippen LogP contribution in [0.25, 0.3) is 0 Å². The number of rotatable bonds is 3. The molecule has 6 heteroatoms. The van der Waals surface area contributed by atoms with Gasteiger partial charge in [0.1, 0.15) is 5.82 Å². The van der Waals surface area contributed by atoms with E-state index in [-0.39, 0.29) is 11.5 Å². The molecule has 0 atom stereocenters. The fourth-order valence-corrected chi connectivity index (χ4v) is 2.32. The van der Waals surface area contributed by atoms with E-state index in [0.29, 0.717) is 21.3 Å². The van der Waals surface area contributed by atoms with Gasteiger partial charge in [-0.05, 0) is 37.6 Å². The minimum absolute atomic E-state index is 0.0429. The van der Waals surface area contributed by atoms with E-state index in [1.807, 2.05) is 0 Å². The predicted octanol–water partition coefficient (Wildman–Crippen LogP) is 3.34. The normalized spacial score (nSPS) is 10.4. The van der Waals surface area contributed by atoms with Gasteiger partial charge < -0.3 is 10.4 Å². The number of hydrogen-bond acceptors (Lipinski definition) is 4. The summed E-state index contributed by atoms with van der Waals surface area (Å²) in [6, 6.07) is 4.59. The number of thiazole rings is 1. The zero-order chi connectivity index (χ0) is 13.3. The lowest BCUT2D eigenvalue weighted by Gasteiger charge is -2.03. The monoisotopic (exact) mass is 266 g/mol. The minimum atomic E-state index is -1.05. The van der Waals surface area contributed by atoms with Gasteiger partial charge in [0.15, 0.2) is 10.8 Å². The zero-order valence-electron chi connectivity index (χ0n) is 9.82. The van der Waals surface area contributed by atoms with Crippen molar-refractivity contribution in [3.05, 3.63) is 40.2 Å². The number of carboxylic acid groups (broad SMARTS) is 1. The van der Waals surface area contributed by atoms with Crippen molar-refractivity contribution in [2.75, 3.05) is 5.32 Å². The van der Waals surface area contributed by atoms with Crippen molar-refractivity contribution >= 4 is 28.1 Å². The number of benzene rings is 1. The minimum Gasteiger partial charge on any atom is -0.476 e. The number of halogens is 1. The molecule has 1 aromatic carbocycles. The summed E-state index contributed by atoms with van der Waals surface area (Å²) in [5.74, 6) is -1.32. The van der Waals surface area contributed by atoms with E-state index < -0.39 is 5.97 Å². The molecule has 0 saturated carbocycles. The maximum atomic E-state index is 13.1. The number of aromatic nitrogens is 1. The van der Waals surface area contributed by atoms with E-state index in [2.05, 4.69) is 10.3 Å². The van der Waals surface area contributed by atoms with E-state index in [1.54, 1.807) is 26.0 Å². The third-order valence-electron chi connectivity index (χ3n) is 2.41. The Morgan fingerprint density at radius 2 is 2.17 bits per heavy atom. The molecular formula is C12H11FN2O2S. The van der Waals surface area contributed by atoms with Gasteiger partial charge in [0.2, 0.25) is 0 Å². The molecule has 0 aliphatic rings. The summed E-state index contributed by atoms with van der Waals surface area (Å²) >= 11 is 1.25. The van der Waals surface area contributed by atoms with E-state index in [4.69, 9.17) is 5.11 Å². The molecule has 1 heterocycles. The van der Waals surface area contributed by atoms with Gasteiger partial charge in [-0.15, -0.1) is 11.3 Å². The van der Waals surface area contributed by atoms with Gasteiger partial charge in [-0.3, -0.25) is 0 Å². The van der Waals surface area contributed by atoms with Crippen LogP contribution in [0, 0.1) is 19.7 Å². The van der Waals surface area contributed by atoms with Crippen molar-refractivity contribution < 1.29 is 14.3 Å². The molecular weight excluding hydrogens is 255 g/mol. The second-order valence-corrected chi connectivity index (χ2v) is 5.02. The Morgan fingerprint density at radius 1 is 1.44 bits per heavy atom. The molecule has 0 radical (unpaired) electrons. The van der Waals surface area contributed by atoms with Crippen LogP contribution in [0.5, 0.6) is 0 Å². The Labute approximate surface area is 107 Å². The number of nitrogens with zero attached hydrogens (tertiary/aromatic N) is 1. The molecule has 94 valence electrons. The molecule has 0 spiro atoms. The van der Waals surface area contributed by atoms with E-state index in [9.17, 15) is 9.18 Å². The van der Waals surface area contributed by atoms with Crippen LogP contribution in [-0.4, -0.2) is 16.1 Å². The first-order valence-electron chi connectivity index (χ1n) is 5.21.